The number of likely N-dealkylation sites (tertiary alicyclic amines) is 2. The van der Waals surface area contributed by atoms with E-state index >= 15 is 0 Å². The Hall–Kier alpha value is -1.35. The van der Waals surface area contributed by atoms with Crippen molar-refractivity contribution in [2.45, 2.75) is 45.2 Å². The molecule has 0 bridgehead atoms. The highest BCUT2D eigenvalue weighted by molar-refractivity contribution is 14.0. The predicted octanol–water partition coefficient (Wildman–Crippen LogP) is 2.58. The third kappa shape index (κ3) is 7.24. The Morgan fingerprint density at radius 2 is 1.86 bits per heavy atom. The number of hydrogen-bond acceptors (Lipinski definition) is 3. The number of nitrogens with one attached hydrogen (secondary N) is 2. The second kappa shape index (κ2) is 12.3. The van der Waals surface area contributed by atoms with Crippen molar-refractivity contribution in [3.05, 3.63) is 35.4 Å². The average Bonchev–Trinajstić information content (AvgIpc) is 3.10. The van der Waals surface area contributed by atoms with Gasteiger partial charge < -0.3 is 20.4 Å². The highest BCUT2D eigenvalue weighted by atomic mass is 127. The summed E-state index contributed by atoms with van der Waals surface area (Å²) >= 11 is 0. The molecule has 2 fully saturated rings. The molecular formula is C21H34IN5O. The predicted molar refractivity (Wildman–Crippen MR) is 125 cm³/mol. The summed E-state index contributed by atoms with van der Waals surface area (Å²) in [5, 5.41) is 6.80. The Morgan fingerprint density at radius 3 is 2.57 bits per heavy atom. The normalized spacial score (nSPS) is 18.1. The average molecular weight is 499 g/mol. The van der Waals surface area contributed by atoms with Gasteiger partial charge in [0.2, 0.25) is 5.91 Å². The highest BCUT2D eigenvalue weighted by Gasteiger charge is 2.19. The summed E-state index contributed by atoms with van der Waals surface area (Å²) in [5.41, 5.74) is 2.40. The minimum atomic E-state index is 0. The summed E-state index contributed by atoms with van der Waals surface area (Å²) < 4.78 is 0. The van der Waals surface area contributed by atoms with Crippen LogP contribution < -0.4 is 10.6 Å². The van der Waals surface area contributed by atoms with E-state index in [0.717, 1.165) is 45.1 Å². The van der Waals surface area contributed by atoms with E-state index in [1.807, 2.05) is 11.9 Å². The number of amides is 1. The fourth-order valence-electron chi connectivity index (χ4n) is 3.85. The van der Waals surface area contributed by atoms with E-state index < -0.39 is 0 Å². The quantitative estimate of drug-likeness (QED) is 0.344. The molecular weight excluding hydrogens is 465 g/mol. The fraction of sp³-hybridized carbons (Fsp3) is 0.619. The van der Waals surface area contributed by atoms with Crippen LogP contribution in [0.15, 0.2) is 29.3 Å². The van der Waals surface area contributed by atoms with Crippen LogP contribution in [-0.2, 0) is 17.9 Å². The Morgan fingerprint density at radius 1 is 1.07 bits per heavy atom. The summed E-state index contributed by atoms with van der Waals surface area (Å²) in [7, 11) is 1.81. The van der Waals surface area contributed by atoms with Gasteiger partial charge in [0.15, 0.2) is 5.96 Å². The van der Waals surface area contributed by atoms with E-state index in [1.54, 1.807) is 0 Å². The van der Waals surface area contributed by atoms with Crippen LogP contribution >= 0.6 is 24.0 Å². The molecule has 2 N–H and O–H groups in total. The number of rotatable bonds is 7. The molecule has 156 valence electrons. The summed E-state index contributed by atoms with van der Waals surface area (Å²) in [6.45, 7) is 6.76. The maximum atomic E-state index is 11.8. The molecule has 6 nitrogen and oxygen atoms in total. The number of halogens is 1. The zero-order valence-electron chi connectivity index (χ0n) is 17.0. The molecule has 0 atom stereocenters. The zero-order valence-corrected chi connectivity index (χ0v) is 19.3. The Kier molecular flexibility index (Phi) is 10.0. The fourth-order valence-corrected chi connectivity index (χ4v) is 3.85. The lowest BCUT2D eigenvalue weighted by molar-refractivity contribution is -0.128. The van der Waals surface area contributed by atoms with Crippen molar-refractivity contribution >= 4 is 35.8 Å². The van der Waals surface area contributed by atoms with Gasteiger partial charge >= 0.3 is 0 Å². The van der Waals surface area contributed by atoms with Crippen molar-refractivity contribution in [2.24, 2.45) is 4.99 Å². The number of piperidine rings is 1. The van der Waals surface area contributed by atoms with Crippen LogP contribution in [0.4, 0.5) is 0 Å². The minimum absolute atomic E-state index is 0. The summed E-state index contributed by atoms with van der Waals surface area (Å²) in [5.74, 6) is 1.11. The Balaban J connectivity index is 0.00000280. The minimum Gasteiger partial charge on any atom is -0.355 e. The van der Waals surface area contributed by atoms with E-state index in [4.69, 9.17) is 0 Å². The first kappa shape index (κ1) is 22.9. The maximum Gasteiger partial charge on any atom is 0.222 e. The van der Waals surface area contributed by atoms with Crippen LogP contribution in [0.5, 0.6) is 0 Å². The van der Waals surface area contributed by atoms with E-state index in [0.29, 0.717) is 6.42 Å². The molecule has 7 heteroatoms. The molecule has 0 unspecified atom stereocenters. The molecule has 0 aromatic heterocycles. The first-order valence-corrected chi connectivity index (χ1v) is 10.3. The third-order valence-corrected chi connectivity index (χ3v) is 5.39. The SMILES string of the molecule is CN=C(NCCN1CCCCC1)NCc1cccc(CN2CCCC2=O)c1.I. The van der Waals surface area contributed by atoms with Crippen molar-refractivity contribution in [3.8, 4) is 0 Å². The standard InChI is InChI=1S/C21H33N5O.HI/c1-22-21(23-10-14-25-11-3-2-4-12-25)24-16-18-7-5-8-19(15-18)17-26-13-6-9-20(26)27;/h5,7-8,15H,2-4,6,9-14,16-17H2,1H3,(H2,22,23,24);1H. The molecule has 3 rings (SSSR count). The van der Waals surface area contributed by atoms with Gasteiger partial charge in [-0.2, -0.15) is 0 Å². The third-order valence-electron chi connectivity index (χ3n) is 5.39. The molecule has 0 radical (unpaired) electrons. The first-order chi connectivity index (χ1) is 13.2. The second-order valence-electron chi connectivity index (χ2n) is 7.49. The smallest absolute Gasteiger partial charge is 0.222 e. The van der Waals surface area contributed by atoms with Gasteiger partial charge in [-0.25, -0.2) is 0 Å². The molecule has 0 saturated carbocycles. The van der Waals surface area contributed by atoms with Crippen LogP contribution in [0.25, 0.3) is 0 Å². The summed E-state index contributed by atoms with van der Waals surface area (Å²) in [4.78, 5) is 20.6. The van der Waals surface area contributed by atoms with Gasteiger partial charge in [-0.05, 0) is 43.5 Å². The number of carbonyl (C=O) groups is 1. The van der Waals surface area contributed by atoms with Gasteiger partial charge in [-0.15, -0.1) is 24.0 Å². The molecule has 2 heterocycles. The van der Waals surface area contributed by atoms with Gasteiger partial charge in [-0.3, -0.25) is 9.79 Å². The number of carbonyl (C=O) groups excluding carboxylic acids is 1. The number of aliphatic imine (C=N–C) groups is 1. The number of hydrogen-bond donors (Lipinski definition) is 2. The van der Waals surface area contributed by atoms with Crippen molar-refractivity contribution in [1.29, 1.82) is 0 Å². The molecule has 0 aliphatic carbocycles. The zero-order chi connectivity index (χ0) is 18.9. The Bertz CT molecular complexity index is 645. The first-order valence-electron chi connectivity index (χ1n) is 10.3. The monoisotopic (exact) mass is 499 g/mol. The van der Waals surface area contributed by atoms with Crippen molar-refractivity contribution in [3.63, 3.8) is 0 Å². The van der Waals surface area contributed by atoms with Crippen LogP contribution in [0.1, 0.15) is 43.2 Å². The molecule has 2 aliphatic heterocycles. The van der Waals surface area contributed by atoms with E-state index in [1.165, 1.54) is 43.5 Å². The van der Waals surface area contributed by atoms with Crippen LogP contribution in [0.3, 0.4) is 0 Å². The van der Waals surface area contributed by atoms with Crippen molar-refractivity contribution < 1.29 is 4.79 Å². The summed E-state index contributed by atoms with van der Waals surface area (Å²) in [6.07, 6.45) is 5.71. The van der Waals surface area contributed by atoms with Gasteiger partial charge in [0.1, 0.15) is 0 Å². The molecule has 1 aromatic rings. The van der Waals surface area contributed by atoms with Gasteiger partial charge in [0.05, 0.1) is 0 Å². The van der Waals surface area contributed by atoms with Crippen LogP contribution in [-0.4, -0.2) is 61.4 Å². The molecule has 1 aromatic carbocycles. The van der Waals surface area contributed by atoms with Crippen molar-refractivity contribution in [2.75, 3.05) is 39.8 Å². The number of nitrogens with zero attached hydrogens (tertiary/aromatic N) is 3. The lowest BCUT2D eigenvalue weighted by Crippen LogP contribution is -2.42. The lowest BCUT2D eigenvalue weighted by atomic mass is 10.1. The van der Waals surface area contributed by atoms with E-state index in [2.05, 4.69) is 44.8 Å². The largest absolute Gasteiger partial charge is 0.355 e. The maximum absolute atomic E-state index is 11.8. The highest BCUT2D eigenvalue weighted by Crippen LogP contribution is 2.15. The van der Waals surface area contributed by atoms with Crippen LogP contribution in [0, 0.1) is 0 Å². The summed E-state index contributed by atoms with van der Waals surface area (Å²) in [6, 6.07) is 8.46. The molecule has 2 aliphatic rings. The second-order valence-corrected chi connectivity index (χ2v) is 7.49. The van der Waals surface area contributed by atoms with Crippen molar-refractivity contribution in [1.82, 2.24) is 20.4 Å². The molecule has 0 spiro atoms. The van der Waals surface area contributed by atoms with Gasteiger partial charge in [0.25, 0.3) is 0 Å². The number of benzene rings is 1. The lowest BCUT2D eigenvalue weighted by Gasteiger charge is -2.26. The molecule has 28 heavy (non-hydrogen) atoms. The topological polar surface area (TPSA) is 60.0 Å². The van der Waals surface area contributed by atoms with Crippen LogP contribution in [0.2, 0.25) is 0 Å². The Labute approximate surface area is 186 Å². The van der Waals surface area contributed by atoms with Gasteiger partial charge in [0, 0.05) is 46.2 Å². The van der Waals surface area contributed by atoms with Gasteiger partial charge in [-0.1, -0.05) is 30.7 Å². The molecule has 2 saturated heterocycles. The van der Waals surface area contributed by atoms with E-state index in [9.17, 15) is 4.79 Å². The number of guanidine groups is 1. The van der Waals surface area contributed by atoms with E-state index in [-0.39, 0.29) is 29.9 Å². The molecule has 1 amide bonds.